The van der Waals surface area contributed by atoms with Gasteiger partial charge in [0.2, 0.25) is 10.0 Å². The number of likely N-dealkylation sites (tertiary alicyclic amines) is 1. The van der Waals surface area contributed by atoms with Crippen LogP contribution in [0.15, 0.2) is 24.3 Å². The van der Waals surface area contributed by atoms with Crippen LogP contribution >= 0.6 is 0 Å². The highest BCUT2D eigenvalue weighted by Gasteiger charge is 2.25. The largest absolute Gasteiger partial charge is 0.296 e. The Morgan fingerprint density at radius 3 is 2.90 bits per heavy atom. The number of benzene rings is 1. The van der Waals surface area contributed by atoms with Gasteiger partial charge in [-0.25, -0.2) is 17.5 Å². The molecule has 1 N–H and O–H groups in total. The third-order valence-corrected chi connectivity index (χ3v) is 4.75. The molecule has 1 aliphatic heterocycles. The minimum atomic E-state index is -3.14. The second-order valence-electron chi connectivity index (χ2n) is 5.85. The van der Waals surface area contributed by atoms with Crippen molar-refractivity contribution in [2.75, 3.05) is 25.9 Å². The van der Waals surface area contributed by atoms with E-state index in [1.807, 2.05) is 6.07 Å². The van der Waals surface area contributed by atoms with Crippen molar-refractivity contribution < 1.29 is 12.8 Å². The van der Waals surface area contributed by atoms with Crippen LogP contribution in [0.4, 0.5) is 4.39 Å². The maximum atomic E-state index is 13.3. The first-order chi connectivity index (χ1) is 9.85. The average molecular weight is 314 g/mol. The molecule has 0 amide bonds. The Hall–Kier alpha value is -0.980. The number of piperidine rings is 1. The molecule has 0 saturated carbocycles. The summed E-state index contributed by atoms with van der Waals surface area (Å²) in [5, 5.41) is 0. The molecule has 1 heterocycles. The molecule has 4 nitrogen and oxygen atoms in total. The van der Waals surface area contributed by atoms with E-state index in [0.29, 0.717) is 12.5 Å². The lowest BCUT2D eigenvalue weighted by molar-refractivity contribution is 0.133. The van der Waals surface area contributed by atoms with E-state index in [9.17, 15) is 12.8 Å². The Balaban J connectivity index is 1.97. The van der Waals surface area contributed by atoms with Crippen LogP contribution in [0.5, 0.6) is 0 Å². The van der Waals surface area contributed by atoms with Crippen LogP contribution in [0.3, 0.4) is 0 Å². The first-order valence-electron chi connectivity index (χ1n) is 7.29. The molecule has 1 aromatic rings. The van der Waals surface area contributed by atoms with Crippen LogP contribution in [0.2, 0.25) is 0 Å². The molecule has 0 aliphatic carbocycles. The van der Waals surface area contributed by atoms with E-state index in [2.05, 4.69) is 16.5 Å². The summed E-state index contributed by atoms with van der Waals surface area (Å²) in [6, 6.07) is 6.83. The van der Waals surface area contributed by atoms with E-state index in [-0.39, 0.29) is 11.9 Å². The van der Waals surface area contributed by atoms with Gasteiger partial charge in [-0.05, 0) is 49.9 Å². The van der Waals surface area contributed by atoms with Crippen molar-refractivity contribution in [3.8, 4) is 0 Å². The Morgan fingerprint density at radius 1 is 1.48 bits per heavy atom. The van der Waals surface area contributed by atoms with Gasteiger partial charge >= 0.3 is 0 Å². The lowest BCUT2D eigenvalue weighted by Crippen LogP contribution is -2.41. The van der Waals surface area contributed by atoms with Crippen molar-refractivity contribution in [3.05, 3.63) is 35.6 Å². The van der Waals surface area contributed by atoms with Crippen molar-refractivity contribution in [2.24, 2.45) is 5.92 Å². The van der Waals surface area contributed by atoms with Crippen molar-refractivity contribution in [2.45, 2.75) is 25.8 Å². The molecule has 118 valence electrons. The van der Waals surface area contributed by atoms with E-state index < -0.39 is 10.0 Å². The molecular formula is C15H23FN2O2S. The number of nitrogens with one attached hydrogen (secondary N) is 1. The van der Waals surface area contributed by atoms with Crippen LogP contribution in [-0.4, -0.2) is 39.2 Å². The highest BCUT2D eigenvalue weighted by molar-refractivity contribution is 7.88. The maximum Gasteiger partial charge on any atom is 0.208 e. The van der Waals surface area contributed by atoms with Gasteiger partial charge in [-0.15, -0.1) is 0 Å². The highest BCUT2D eigenvalue weighted by atomic mass is 32.2. The fourth-order valence-corrected chi connectivity index (χ4v) is 3.40. The molecular weight excluding hydrogens is 291 g/mol. The average Bonchev–Trinajstić information content (AvgIpc) is 2.44. The number of hydrogen-bond donors (Lipinski definition) is 1. The highest BCUT2D eigenvalue weighted by Crippen LogP contribution is 2.26. The Labute approximate surface area is 126 Å². The molecule has 0 radical (unpaired) electrons. The van der Waals surface area contributed by atoms with Gasteiger partial charge in [0.15, 0.2) is 0 Å². The minimum absolute atomic E-state index is 0.140. The fraction of sp³-hybridized carbons (Fsp3) is 0.600. The van der Waals surface area contributed by atoms with E-state index in [1.54, 1.807) is 12.1 Å². The van der Waals surface area contributed by atoms with Crippen LogP contribution in [-0.2, 0) is 10.0 Å². The van der Waals surface area contributed by atoms with Gasteiger partial charge in [-0.1, -0.05) is 12.1 Å². The monoisotopic (exact) mass is 314 g/mol. The van der Waals surface area contributed by atoms with Gasteiger partial charge in [0.1, 0.15) is 5.82 Å². The Morgan fingerprint density at radius 2 is 2.24 bits per heavy atom. The predicted molar refractivity (Wildman–Crippen MR) is 82.0 cm³/mol. The molecule has 0 unspecified atom stereocenters. The number of hydrogen-bond acceptors (Lipinski definition) is 3. The minimum Gasteiger partial charge on any atom is -0.296 e. The lowest BCUT2D eigenvalue weighted by atomic mass is 9.95. The lowest BCUT2D eigenvalue weighted by Gasteiger charge is -2.37. The molecule has 21 heavy (non-hydrogen) atoms. The van der Waals surface area contributed by atoms with Gasteiger partial charge < -0.3 is 0 Å². The van der Waals surface area contributed by atoms with Crippen molar-refractivity contribution in [1.82, 2.24) is 9.62 Å². The zero-order chi connectivity index (χ0) is 15.5. The summed E-state index contributed by atoms with van der Waals surface area (Å²) in [5.41, 5.74) is 0.965. The first kappa shape index (κ1) is 16.4. The quantitative estimate of drug-likeness (QED) is 0.906. The molecule has 0 spiro atoms. The molecule has 6 heteroatoms. The van der Waals surface area contributed by atoms with E-state index >= 15 is 0 Å². The van der Waals surface area contributed by atoms with E-state index in [0.717, 1.165) is 31.5 Å². The summed E-state index contributed by atoms with van der Waals surface area (Å²) in [4.78, 5) is 2.30. The van der Waals surface area contributed by atoms with Gasteiger partial charge in [0, 0.05) is 19.1 Å². The van der Waals surface area contributed by atoms with Gasteiger partial charge in [-0.2, -0.15) is 0 Å². The van der Waals surface area contributed by atoms with Crippen LogP contribution in [0.25, 0.3) is 0 Å². The maximum absolute atomic E-state index is 13.3. The molecule has 1 fully saturated rings. The third-order valence-electron chi connectivity index (χ3n) is 4.06. The summed E-state index contributed by atoms with van der Waals surface area (Å²) in [7, 11) is -3.14. The first-order valence-corrected chi connectivity index (χ1v) is 9.18. The van der Waals surface area contributed by atoms with Gasteiger partial charge in [-0.3, -0.25) is 4.90 Å². The molecule has 0 aromatic heterocycles. The zero-order valence-corrected chi connectivity index (χ0v) is 13.4. The Kier molecular flexibility index (Phi) is 5.35. The van der Waals surface area contributed by atoms with E-state index in [1.165, 1.54) is 12.3 Å². The molecule has 2 atom stereocenters. The molecule has 1 saturated heterocycles. The number of sulfonamides is 1. The summed E-state index contributed by atoms with van der Waals surface area (Å²) >= 11 is 0. The topological polar surface area (TPSA) is 49.4 Å². The van der Waals surface area contributed by atoms with Gasteiger partial charge in [0.25, 0.3) is 0 Å². The smallest absolute Gasteiger partial charge is 0.208 e. The summed E-state index contributed by atoms with van der Waals surface area (Å²) in [6.45, 7) is 4.35. The second kappa shape index (κ2) is 6.85. The van der Waals surface area contributed by atoms with Crippen molar-refractivity contribution >= 4 is 10.0 Å². The summed E-state index contributed by atoms with van der Waals surface area (Å²) < 4.78 is 38.3. The van der Waals surface area contributed by atoms with Crippen LogP contribution in [0, 0.1) is 11.7 Å². The van der Waals surface area contributed by atoms with Crippen molar-refractivity contribution in [1.29, 1.82) is 0 Å². The number of nitrogens with zero attached hydrogens (tertiary/aromatic N) is 1. The standard InChI is InChI=1S/C15H23FN2O2S/c1-12(14-6-3-7-15(16)9-14)18-8-4-5-13(11-18)10-17-21(2,19)20/h3,6-7,9,12-13,17H,4-5,8,10-11H2,1-2H3/t12-,13+/m1/s1. The number of rotatable bonds is 5. The fourth-order valence-electron chi connectivity index (χ4n) is 2.86. The molecule has 2 rings (SSSR count). The molecule has 1 aliphatic rings. The molecule has 1 aromatic carbocycles. The normalized spacial score (nSPS) is 22.1. The SMILES string of the molecule is C[C@H](c1cccc(F)c1)N1CCC[C@@H](CNS(C)(=O)=O)C1. The summed E-state index contributed by atoms with van der Waals surface area (Å²) in [6.07, 6.45) is 3.24. The van der Waals surface area contributed by atoms with E-state index in [4.69, 9.17) is 0 Å². The number of halogens is 1. The third kappa shape index (κ3) is 5.05. The summed E-state index contributed by atoms with van der Waals surface area (Å²) in [5.74, 6) is 0.0936. The predicted octanol–water partition coefficient (Wildman–Crippen LogP) is 2.15. The van der Waals surface area contributed by atoms with Crippen LogP contribution < -0.4 is 4.72 Å². The van der Waals surface area contributed by atoms with Crippen molar-refractivity contribution in [3.63, 3.8) is 0 Å². The Bertz CT molecular complexity index is 577. The zero-order valence-electron chi connectivity index (χ0n) is 12.5. The van der Waals surface area contributed by atoms with Gasteiger partial charge in [0.05, 0.1) is 6.26 Å². The second-order valence-corrected chi connectivity index (χ2v) is 7.69. The molecule has 0 bridgehead atoms. The van der Waals surface area contributed by atoms with Crippen LogP contribution in [0.1, 0.15) is 31.4 Å².